The van der Waals surface area contributed by atoms with Crippen LogP contribution in [0.1, 0.15) is 49.4 Å². The molecule has 2 N–H and O–H groups in total. The molecule has 2 aliphatic heterocycles. The molecular formula is C19H27Cl2N5O3. The summed E-state index contributed by atoms with van der Waals surface area (Å²) in [5.74, 6) is -0.136. The van der Waals surface area contributed by atoms with Gasteiger partial charge in [0.2, 0.25) is 0 Å². The molecule has 2 aromatic rings. The third kappa shape index (κ3) is 4.34. The molecule has 0 saturated carbocycles. The number of fused-ring (bicyclic) bond motifs is 3. The van der Waals surface area contributed by atoms with Crippen molar-refractivity contribution >= 4 is 41.8 Å². The van der Waals surface area contributed by atoms with E-state index in [2.05, 4.69) is 15.3 Å². The van der Waals surface area contributed by atoms with Crippen LogP contribution in [0, 0.1) is 0 Å². The summed E-state index contributed by atoms with van der Waals surface area (Å²) >= 11 is 0. The molecule has 160 valence electrons. The Morgan fingerprint density at radius 1 is 1.24 bits per heavy atom. The number of aromatic amines is 1. The van der Waals surface area contributed by atoms with Gasteiger partial charge in [-0.3, -0.25) is 19.1 Å². The first-order valence-electron chi connectivity index (χ1n) is 9.64. The van der Waals surface area contributed by atoms with Crippen LogP contribution < -0.4 is 16.6 Å². The SMILES string of the molecule is CCCn1c(=O)[nH]c(=O)c2cc(C(=O)N(C)C3CC4CCC(C3)N4)cnc21.Cl.Cl. The highest BCUT2D eigenvalue weighted by Crippen LogP contribution is 2.29. The molecule has 29 heavy (non-hydrogen) atoms. The summed E-state index contributed by atoms with van der Waals surface area (Å²) in [5, 5.41) is 3.85. The molecule has 2 aromatic heterocycles. The van der Waals surface area contributed by atoms with Crippen LogP contribution >= 0.6 is 24.8 Å². The molecule has 2 atom stereocenters. The van der Waals surface area contributed by atoms with Crippen molar-refractivity contribution in [2.24, 2.45) is 0 Å². The lowest BCUT2D eigenvalue weighted by molar-refractivity contribution is 0.0681. The zero-order chi connectivity index (χ0) is 19.1. The smallest absolute Gasteiger partial charge is 0.329 e. The van der Waals surface area contributed by atoms with E-state index in [1.165, 1.54) is 23.6 Å². The van der Waals surface area contributed by atoms with Gasteiger partial charge in [0.1, 0.15) is 5.65 Å². The molecule has 10 heteroatoms. The van der Waals surface area contributed by atoms with Crippen LogP contribution in [-0.4, -0.2) is 50.5 Å². The van der Waals surface area contributed by atoms with Gasteiger partial charge >= 0.3 is 5.69 Å². The Morgan fingerprint density at radius 3 is 2.52 bits per heavy atom. The second-order valence-corrected chi connectivity index (χ2v) is 7.69. The third-order valence-electron chi connectivity index (χ3n) is 5.84. The fourth-order valence-electron chi connectivity index (χ4n) is 4.43. The summed E-state index contributed by atoms with van der Waals surface area (Å²) in [5.41, 5.74) is -0.275. The Hall–Kier alpha value is -1.90. The van der Waals surface area contributed by atoms with E-state index < -0.39 is 11.2 Å². The second-order valence-electron chi connectivity index (χ2n) is 7.69. The molecule has 2 saturated heterocycles. The summed E-state index contributed by atoms with van der Waals surface area (Å²) in [6.07, 6.45) is 6.47. The molecule has 2 bridgehead atoms. The van der Waals surface area contributed by atoms with Crippen molar-refractivity contribution in [3.05, 3.63) is 38.7 Å². The highest BCUT2D eigenvalue weighted by Gasteiger charge is 2.36. The van der Waals surface area contributed by atoms with E-state index in [1.54, 1.807) is 11.0 Å². The molecule has 0 aliphatic carbocycles. The average Bonchev–Trinajstić information content (AvgIpc) is 3.01. The second kappa shape index (κ2) is 9.28. The number of aryl methyl sites for hydroxylation is 1. The Bertz CT molecular complexity index is 993. The lowest BCUT2D eigenvalue weighted by Crippen LogP contribution is -2.48. The van der Waals surface area contributed by atoms with E-state index in [1.807, 2.05) is 14.0 Å². The Kier molecular flexibility index (Phi) is 7.48. The predicted molar refractivity (Wildman–Crippen MR) is 116 cm³/mol. The number of carbonyl (C=O) groups excluding carboxylic acids is 1. The summed E-state index contributed by atoms with van der Waals surface area (Å²) in [7, 11) is 1.82. The van der Waals surface area contributed by atoms with Crippen LogP contribution in [0.4, 0.5) is 0 Å². The van der Waals surface area contributed by atoms with Gasteiger partial charge < -0.3 is 10.2 Å². The molecule has 0 aromatic carbocycles. The lowest BCUT2D eigenvalue weighted by atomic mass is 9.98. The minimum Gasteiger partial charge on any atom is -0.339 e. The van der Waals surface area contributed by atoms with E-state index in [-0.39, 0.29) is 42.1 Å². The normalized spacial score (nSPS) is 22.6. The van der Waals surface area contributed by atoms with Crippen molar-refractivity contribution in [3.8, 4) is 0 Å². The van der Waals surface area contributed by atoms with Crippen molar-refractivity contribution in [2.45, 2.75) is 63.7 Å². The number of pyridine rings is 1. The van der Waals surface area contributed by atoms with Gasteiger partial charge in [0.15, 0.2) is 0 Å². The number of aromatic nitrogens is 3. The van der Waals surface area contributed by atoms with Crippen molar-refractivity contribution in [3.63, 3.8) is 0 Å². The Balaban J connectivity index is 0.00000150. The quantitative estimate of drug-likeness (QED) is 0.748. The highest BCUT2D eigenvalue weighted by atomic mass is 35.5. The van der Waals surface area contributed by atoms with Gasteiger partial charge in [0, 0.05) is 37.9 Å². The molecule has 2 fully saturated rings. The molecular weight excluding hydrogens is 417 g/mol. The summed E-state index contributed by atoms with van der Waals surface area (Å²) < 4.78 is 1.44. The van der Waals surface area contributed by atoms with Gasteiger partial charge in [-0.05, 0) is 38.2 Å². The molecule has 4 heterocycles. The summed E-state index contributed by atoms with van der Waals surface area (Å²) in [4.78, 5) is 45.7. The number of hydrogen-bond acceptors (Lipinski definition) is 5. The molecule has 0 spiro atoms. The van der Waals surface area contributed by atoms with E-state index in [0.29, 0.717) is 29.8 Å². The van der Waals surface area contributed by atoms with E-state index >= 15 is 0 Å². The molecule has 2 unspecified atom stereocenters. The number of carbonyl (C=O) groups is 1. The van der Waals surface area contributed by atoms with Crippen molar-refractivity contribution in [1.82, 2.24) is 24.8 Å². The molecule has 2 aliphatic rings. The number of amides is 1. The van der Waals surface area contributed by atoms with Gasteiger partial charge in [0.05, 0.1) is 10.9 Å². The molecule has 0 radical (unpaired) electrons. The first-order chi connectivity index (χ1) is 13.0. The monoisotopic (exact) mass is 443 g/mol. The van der Waals surface area contributed by atoms with Crippen molar-refractivity contribution in [1.29, 1.82) is 0 Å². The van der Waals surface area contributed by atoms with Crippen LogP contribution in [-0.2, 0) is 6.54 Å². The van der Waals surface area contributed by atoms with Gasteiger partial charge in [-0.15, -0.1) is 24.8 Å². The zero-order valence-corrected chi connectivity index (χ0v) is 18.1. The van der Waals surface area contributed by atoms with E-state index in [0.717, 1.165) is 19.3 Å². The van der Waals surface area contributed by atoms with Gasteiger partial charge in [-0.25, -0.2) is 9.78 Å². The lowest BCUT2D eigenvalue weighted by Gasteiger charge is -2.35. The molecule has 8 nitrogen and oxygen atoms in total. The fourth-order valence-corrected chi connectivity index (χ4v) is 4.43. The van der Waals surface area contributed by atoms with Gasteiger partial charge in [-0.2, -0.15) is 0 Å². The molecule has 1 amide bonds. The van der Waals surface area contributed by atoms with Crippen LogP contribution in [0.25, 0.3) is 11.0 Å². The Morgan fingerprint density at radius 2 is 1.90 bits per heavy atom. The van der Waals surface area contributed by atoms with Crippen molar-refractivity contribution < 1.29 is 4.79 Å². The first kappa shape index (κ1) is 23.4. The van der Waals surface area contributed by atoms with Crippen molar-refractivity contribution in [2.75, 3.05) is 7.05 Å². The first-order valence-corrected chi connectivity index (χ1v) is 9.64. The predicted octanol–water partition coefficient (Wildman–Crippen LogP) is 1.69. The third-order valence-corrected chi connectivity index (χ3v) is 5.84. The number of H-pyrrole nitrogens is 1. The number of piperidine rings is 1. The fraction of sp³-hybridized carbons (Fsp3) is 0.579. The van der Waals surface area contributed by atoms with Crippen LogP contribution in [0.5, 0.6) is 0 Å². The molecule has 4 rings (SSSR count). The standard InChI is InChI=1S/C19H25N5O3.2ClH/c1-3-6-24-16-15(17(25)22-19(24)27)7-11(10-20-16)18(26)23(2)14-8-12-4-5-13(9-14)21-12;;/h7,10,12-14,21H,3-6,8-9H2,1-2H3,(H,22,25,27);2*1H. The van der Waals surface area contributed by atoms with E-state index in [9.17, 15) is 14.4 Å². The maximum atomic E-state index is 13.0. The van der Waals surface area contributed by atoms with Crippen LogP contribution in [0.15, 0.2) is 21.9 Å². The van der Waals surface area contributed by atoms with Gasteiger partial charge in [-0.1, -0.05) is 6.92 Å². The minimum atomic E-state index is -0.507. The van der Waals surface area contributed by atoms with Gasteiger partial charge in [0.25, 0.3) is 11.5 Å². The average molecular weight is 444 g/mol. The maximum Gasteiger partial charge on any atom is 0.329 e. The number of nitrogens with one attached hydrogen (secondary N) is 2. The summed E-state index contributed by atoms with van der Waals surface area (Å²) in [6.45, 7) is 2.41. The topological polar surface area (TPSA) is 100 Å². The zero-order valence-electron chi connectivity index (χ0n) is 16.5. The number of nitrogens with zero attached hydrogens (tertiary/aromatic N) is 3. The number of halogens is 2. The van der Waals surface area contributed by atoms with E-state index in [4.69, 9.17) is 0 Å². The summed E-state index contributed by atoms with van der Waals surface area (Å²) in [6, 6.07) is 2.73. The Labute approximate surface area is 180 Å². The largest absolute Gasteiger partial charge is 0.339 e. The number of rotatable bonds is 4. The highest BCUT2D eigenvalue weighted by molar-refractivity contribution is 5.96. The van der Waals surface area contributed by atoms with Crippen LogP contribution in [0.2, 0.25) is 0 Å². The minimum absolute atomic E-state index is 0. The maximum absolute atomic E-state index is 13.0. The number of hydrogen-bond donors (Lipinski definition) is 2. The van der Waals surface area contributed by atoms with Crippen LogP contribution in [0.3, 0.4) is 0 Å².